The Balaban J connectivity index is 2.01. The molecular weight excluding hydrogens is 427 g/mol. The summed E-state index contributed by atoms with van der Waals surface area (Å²) in [4.78, 5) is 24.9. The Kier molecular flexibility index (Phi) is 6.29. The van der Waals surface area contributed by atoms with Gasteiger partial charge < -0.3 is 5.32 Å². The maximum atomic E-state index is 14.1. The van der Waals surface area contributed by atoms with E-state index in [1.54, 1.807) is 6.07 Å². The molecule has 0 radical (unpaired) electrons. The van der Waals surface area contributed by atoms with Crippen molar-refractivity contribution in [1.82, 2.24) is 9.78 Å². The van der Waals surface area contributed by atoms with E-state index in [4.69, 9.17) is 11.6 Å². The van der Waals surface area contributed by atoms with Crippen molar-refractivity contribution >= 4 is 35.0 Å². The van der Waals surface area contributed by atoms with Crippen molar-refractivity contribution in [3.8, 4) is 5.69 Å². The van der Waals surface area contributed by atoms with Gasteiger partial charge in [-0.3, -0.25) is 9.59 Å². The largest absolute Gasteiger partial charge is 0.319 e. The molecule has 0 aliphatic heterocycles. The minimum Gasteiger partial charge on any atom is -0.319 e. The van der Waals surface area contributed by atoms with Gasteiger partial charge in [-0.25, -0.2) is 9.07 Å². The fourth-order valence-electron chi connectivity index (χ4n) is 2.57. The van der Waals surface area contributed by atoms with E-state index in [0.717, 1.165) is 10.7 Å². The summed E-state index contributed by atoms with van der Waals surface area (Å²) in [5.41, 5.74) is -0.847. The van der Waals surface area contributed by atoms with Crippen LogP contribution < -0.4 is 10.7 Å². The lowest BCUT2D eigenvalue weighted by atomic mass is 10.2. The van der Waals surface area contributed by atoms with E-state index in [0.29, 0.717) is 5.69 Å². The monoisotopic (exact) mass is 439 g/mol. The molecule has 0 spiro atoms. The predicted octanol–water partition coefficient (Wildman–Crippen LogP) is 4.90. The van der Waals surface area contributed by atoms with E-state index >= 15 is 0 Å². The first-order valence-electron chi connectivity index (χ1n) is 8.18. The van der Waals surface area contributed by atoms with Crippen LogP contribution >= 0.6 is 23.4 Å². The van der Waals surface area contributed by atoms with Gasteiger partial charge in [0.15, 0.2) is 5.69 Å². The summed E-state index contributed by atoms with van der Waals surface area (Å²) >= 11 is 6.11. The molecule has 29 heavy (non-hydrogen) atoms. The number of rotatable bonds is 5. The van der Waals surface area contributed by atoms with E-state index in [1.807, 2.05) is 0 Å². The number of alkyl halides is 2. The van der Waals surface area contributed by atoms with Gasteiger partial charge in [0.2, 0.25) is 5.43 Å². The third kappa shape index (κ3) is 4.63. The number of anilines is 1. The number of thioether (sulfide) groups is 1. The molecular formula is C19H13ClF3N3O2S. The number of aromatic nitrogens is 2. The second kappa shape index (κ2) is 8.71. The molecule has 10 heteroatoms. The number of hydrogen-bond donors (Lipinski definition) is 1. The number of nitrogens with one attached hydrogen (secondary N) is 1. The number of aryl methyl sites for hydroxylation is 1. The highest BCUT2D eigenvalue weighted by Crippen LogP contribution is 2.37. The van der Waals surface area contributed by atoms with Crippen LogP contribution in [0.5, 0.6) is 0 Å². The molecule has 1 amide bonds. The van der Waals surface area contributed by atoms with Crippen LogP contribution in [0.2, 0.25) is 5.02 Å². The Bertz CT molecular complexity index is 1140. The van der Waals surface area contributed by atoms with Gasteiger partial charge in [0.05, 0.1) is 15.6 Å². The highest BCUT2D eigenvalue weighted by molar-refractivity contribution is 7.99. The van der Waals surface area contributed by atoms with E-state index in [-0.39, 0.29) is 33.1 Å². The van der Waals surface area contributed by atoms with Crippen LogP contribution in [0.1, 0.15) is 16.2 Å². The lowest BCUT2D eigenvalue weighted by Gasteiger charge is -2.14. The Labute approximate surface area is 172 Å². The summed E-state index contributed by atoms with van der Waals surface area (Å²) in [6.45, 7) is 1.54. The third-order valence-corrected chi connectivity index (χ3v) is 5.11. The zero-order valence-electron chi connectivity index (χ0n) is 14.8. The number of halogens is 4. The van der Waals surface area contributed by atoms with Gasteiger partial charge in [-0.15, -0.1) is 0 Å². The highest BCUT2D eigenvalue weighted by Gasteiger charge is 2.20. The molecule has 0 saturated carbocycles. The Morgan fingerprint density at radius 2 is 1.93 bits per heavy atom. The highest BCUT2D eigenvalue weighted by atomic mass is 35.5. The standard InChI is InChI=1S/C19H13ClF3N3O2S/c1-10-9-15(27)16(25-26(10)14-8-3-2-6-12(14)21)18(28)24-13-7-4-5-11(20)17(13)29-19(22)23/h2-9,19H,1H3,(H,24,28). The number of carbonyl (C=O) groups is 1. The maximum Gasteiger partial charge on any atom is 0.289 e. The summed E-state index contributed by atoms with van der Waals surface area (Å²) in [6.07, 6.45) is 0. The first kappa shape index (κ1) is 20.9. The van der Waals surface area contributed by atoms with E-state index in [1.165, 1.54) is 43.3 Å². The molecule has 3 rings (SSSR count). The van der Waals surface area contributed by atoms with Crippen LogP contribution in [-0.2, 0) is 0 Å². The molecule has 0 saturated heterocycles. The molecule has 2 aromatic carbocycles. The van der Waals surface area contributed by atoms with Gasteiger partial charge in [-0.1, -0.05) is 41.6 Å². The summed E-state index contributed by atoms with van der Waals surface area (Å²) in [6, 6.07) is 11.1. The van der Waals surface area contributed by atoms with Crippen LogP contribution in [0.3, 0.4) is 0 Å². The Morgan fingerprint density at radius 3 is 2.62 bits per heavy atom. The second-order valence-corrected chi connectivity index (χ2v) is 7.22. The van der Waals surface area contributed by atoms with Gasteiger partial charge >= 0.3 is 0 Å². The van der Waals surface area contributed by atoms with E-state index in [9.17, 15) is 22.8 Å². The van der Waals surface area contributed by atoms with Gasteiger partial charge in [0, 0.05) is 11.8 Å². The summed E-state index contributed by atoms with van der Waals surface area (Å²) in [5.74, 6) is -4.29. The summed E-state index contributed by atoms with van der Waals surface area (Å²) < 4.78 is 40.9. The molecule has 1 N–H and O–H groups in total. The number of para-hydroxylation sites is 1. The van der Waals surface area contributed by atoms with Crippen molar-refractivity contribution in [2.75, 3.05) is 5.32 Å². The van der Waals surface area contributed by atoms with Crippen LogP contribution in [0, 0.1) is 12.7 Å². The van der Waals surface area contributed by atoms with Gasteiger partial charge in [-0.05, 0) is 31.2 Å². The number of amides is 1. The minimum absolute atomic E-state index is 0.00650. The number of benzene rings is 2. The summed E-state index contributed by atoms with van der Waals surface area (Å²) in [7, 11) is 0. The lowest BCUT2D eigenvalue weighted by molar-refractivity contribution is 0.101. The molecule has 150 valence electrons. The normalized spacial score (nSPS) is 11.0. The quantitative estimate of drug-likeness (QED) is 0.574. The maximum absolute atomic E-state index is 14.1. The number of carbonyl (C=O) groups excluding carboxylic acids is 1. The molecule has 0 unspecified atom stereocenters. The van der Waals surface area contributed by atoms with Crippen molar-refractivity contribution in [1.29, 1.82) is 0 Å². The first-order chi connectivity index (χ1) is 13.8. The van der Waals surface area contributed by atoms with Crippen molar-refractivity contribution < 1.29 is 18.0 Å². The smallest absolute Gasteiger partial charge is 0.289 e. The predicted molar refractivity (Wildman–Crippen MR) is 106 cm³/mol. The van der Waals surface area contributed by atoms with Crippen molar-refractivity contribution in [3.05, 3.63) is 81.0 Å². The molecule has 0 fully saturated rings. The van der Waals surface area contributed by atoms with Crippen molar-refractivity contribution in [3.63, 3.8) is 0 Å². The zero-order chi connectivity index (χ0) is 21.1. The Hall–Kier alpha value is -2.78. The molecule has 1 aromatic heterocycles. The lowest BCUT2D eigenvalue weighted by Crippen LogP contribution is -2.27. The first-order valence-corrected chi connectivity index (χ1v) is 9.44. The molecule has 0 aliphatic carbocycles. The Morgan fingerprint density at radius 1 is 1.21 bits per heavy atom. The van der Waals surface area contributed by atoms with Crippen LogP contribution in [-0.4, -0.2) is 21.4 Å². The molecule has 1 heterocycles. The SMILES string of the molecule is Cc1cc(=O)c(C(=O)Nc2cccc(Cl)c2SC(F)F)nn1-c1ccccc1F. The van der Waals surface area contributed by atoms with Gasteiger partial charge in [0.1, 0.15) is 11.5 Å². The molecule has 0 aliphatic rings. The van der Waals surface area contributed by atoms with Gasteiger partial charge in [0.25, 0.3) is 11.7 Å². The number of hydrogen-bond acceptors (Lipinski definition) is 4. The van der Waals surface area contributed by atoms with Crippen LogP contribution in [0.15, 0.2) is 58.2 Å². The summed E-state index contributed by atoms with van der Waals surface area (Å²) in [5, 5.41) is 6.38. The zero-order valence-corrected chi connectivity index (χ0v) is 16.4. The number of nitrogens with zero attached hydrogens (tertiary/aromatic N) is 2. The molecule has 0 bridgehead atoms. The van der Waals surface area contributed by atoms with Crippen LogP contribution in [0.4, 0.5) is 18.9 Å². The minimum atomic E-state index is -2.76. The van der Waals surface area contributed by atoms with Crippen molar-refractivity contribution in [2.24, 2.45) is 0 Å². The second-order valence-electron chi connectivity index (χ2n) is 5.81. The van der Waals surface area contributed by atoms with Crippen LogP contribution in [0.25, 0.3) is 5.69 Å². The fourth-order valence-corrected chi connectivity index (χ4v) is 3.48. The van der Waals surface area contributed by atoms with E-state index < -0.39 is 28.6 Å². The average Bonchev–Trinajstić information content (AvgIpc) is 2.65. The van der Waals surface area contributed by atoms with Gasteiger partial charge in [-0.2, -0.15) is 13.9 Å². The topological polar surface area (TPSA) is 64.0 Å². The molecule has 0 atom stereocenters. The fraction of sp³-hybridized carbons (Fsp3) is 0.105. The molecule has 3 aromatic rings. The average molecular weight is 440 g/mol. The van der Waals surface area contributed by atoms with E-state index in [2.05, 4.69) is 10.4 Å². The third-order valence-electron chi connectivity index (χ3n) is 3.83. The van der Waals surface area contributed by atoms with Crippen molar-refractivity contribution in [2.45, 2.75) is 17.6 Å². The molecule has 5 nitrogen and oxygen atoms in total.